The van der Waals surface area contributed by atoms with E-state index >= 15 is 4.39 Å². The van der Waals surface area contributed by atoms with Crippen LogP contribution in [-0.4, -0.2) is 49.1 Å². The third kappa shape index (κ3) is 4.13. The fraction of sp³-hybridized carbons (Fsp3) is 0.333. The average Bonchev–Trinajstić information content (AvgIpc) is 3.17. The topological polar surface area (TPSA) is 87.8 Å². The van der Waals surface area contributed by atoms with Gasteiger partial charge in [0.15, 0.2) is 5.65 Å². The molecule has 8 heteroatoms. The Labute approximate surface area is 202 Å². The molecule has 1 aliphatic heterocycles. The van der Waals surface area contributed by atoms with Gasteiger partial charge in [-0.25, -0.2) is 18.7 Å². The largest absolute Gasteiger partial charge is 0.478 e. The number of carboxylic acids is 1. The molecule has 0 aliphatic carbocycles. The van der Waals surface area contributed by atoms with E-state index in [1.807, 2.05) is 11.8 Å². The summed E-state index contributed by atoms with van der Waals surface area (Å²) < 4.78 is 17.1. The maximum absolute atomic E-state index is 15.5. The molecule has 0 radical (unpaired) electrons. The van der Waals surface area contributed by atoms with Gasteiger partial charge in [-0.3, -0.25) is 4.79 Å². The summed E-state index contributed by atoms with van der Waals surface area (Å²) in [6.07, 6.45) is 4.86. The Kier molecular flexibility index (Phi) is 5.96. The van der Waals surface area contributed by atoms with Crippen molar-refractivity contribution < 1.29 is 19.1 Å². The number of amides is 1. The minimum absolute atomic E-state index is 0.0783. The molecule has 0 unspecified atom stereocenters. The number of carbonyl (C=O) groups excluding carboxylic acids is 1. The number of rotatable bonds is 4. The lowest BCUT2D eigenvalue weighted by molar-refractivity contribution is 0.0685. The Morgan fingerprint density at radius 3 is 2.71 bits per heavy atom. The third-order valence-corrected chi connectivity index (χ3v) is 6.87. The van der Waals surface area contributed by atoms with Gasteiger partial charge in [0, 0.05) is 35.3 Å². The number of aromatic carboxylic acids is 1. The Balaban J connectivity index is 1.57. The minimum atomic E-state index is -1.06. The van der Waals surface area contributed by atoms with E-state index in [2.05, 4.69) is 17.0 Å². The van der Waals surface area contributed by atoms with Gasteiger partial charge in [-0.1, -0.05) is 31.9 Å². The smallest absolute Gasteiger partial charge is 0.335 e. The molecular formula is C27H27FN4O3. The first-order valence-electron chi connectivity index (χ1n) is 12.0. The second kappa shape index (κ2) is 9.09. The molecule has 0 spiro atoms. The second-order valence-corrected chi connectivity index (χ2v) is 9.15. The maximum Gasteiger partial charge on any atom is 0.335 e. The molecule has 180 valence electrons. The molecule has 2 aromatic heterocycles. The predicted octanol–water partition coefficient (Wildman–Crippen LogP) is 5.35. The van der Waals surface area contributed by atoms with Crippen molar-refractivity contribution in [2.45, 2.75) is 52.0 Å². The number of halogens is 1. The van der Waals surface area contributed by atoms with E-state index in [-0.39, 0.29) is 17.5 Å². The van der Waals surface area contributed by atoms with Crippen LogP contribution in [0.4, 0.5) is 4.39 Å². The van der Waals surface area contributed by atoms with Gasteiger partial charge in [-0.2, -0.15) is 5.10 Å². The Bertz CT molecular complexity index is 1460. The fourth-order valence-corrected chi connectivity index (χ4v) is 4.88. The van der Waals surface area contributed by atoms with Crippen molar-refractivity contribution in [1.82, 2.24) is 19.5 Å². The summed E-state index contributed by atoms with van der Waals surface area (Å²) in [5.41, 5.74) is 2.49. The van der Waals surface area contributed by atoms with Gasteiger partial charge in [0.25, 0.3) is 5.91 Å². The number of benzene rings is 2. The summed E-state index contributed by atoms with van der Waals surface area (Å²) in [5.74, 6) is -1.61. The molecule has 1 atom stereocenters. The highest BCUT2D eigenvalue weighted by atomic mass is 19.1. The minimum Gasteiger partial charge on any atom is -0.478 e. The van der Waals surface area contributed by atoms with Crippen molar-refractivity contribution in [2.24, 2.45) is 0 Å². The van der Waals surface area contributed by atoms with Gasteiger partial charge < -0.3 is 10.0 Å². The summed E-state index contributed by atoms with van der Waals surface area (Å²) >= 11 is 0. The van der Waals surface area contributed by atoms with Crippen molar-refractivity contribution in [3.63, 3.8) is 0 Å². The third-order valence-electron chi connectivity index (χ3n) is 6.87. The van der Waals surface area contributed by atoms with Crippen LogP contribution in [0.15, 0.2) is 42.5 Å². The lowest BCUT2D eigenvalue weighted by Gasteiger charge is -2.27. The molecule has 1 aliphatic rings. The second-order valence-electron chi connectivity index (χ2n) is 9.15. The number of aromatic nitrogens is 3. The first kappa shape index (κ1) is 23.0. The molecule has 1 N–H and O–H groups in total. The lowest BCUT2D eigenvalue weighted by Crippen LogP contribution is -2.38. The standard InChI is InChI=1S/C27H27FN4O3/c1-3-19-14-23(26(33)31-12-6-4-5-7-16(31)2)29-24-15-22(30-32(19)24)21-11-8-17-13-18(27(34)35)9-10-20(17)25(21)28/h8-11,13-16H,3-7,12H2,1-2H3,(H,34,35)/t16-/m1/s1. The molecule has 1 fully saturated rings. The highest BCUT2D eigenvalue weighted by Crippen LogP contribution is 2.30. The fourth-order valence-electron chi connectivity index (χ4n) is 4.88. The molecule has 0 saturated carbocycles. The van der Waals surface area contributed by atoms with Crippen LogP contribution in [0, 0.1) is 5.82 Å². The van der Waals surface area contributed by atoms with Crippen molar-refractivity contribution in [3.8, 4) is 11.3 Å². The van der Waals surface area contributed by atoms with Crippen molar-refractivity contribution >= 4 is 28.3 Å². The maximum atomic E-state index is 15.5. The molecule has 3 heterocycles. The summed E-state index contributed by atoms with van der Waals surface area (Å²) in [5, 5.41) is 14.6. The van der Waals surface area contributed by atoms with Crippen LogP contribution in [0.1, 0.15) is 66.1 Å². The Morgan fingerprint density at radius 2 is 1.94 bits per heavy atom. The number of carboxylic acid groups (broad SMARTS) is 1. The van der Waals surface area contributed by atoms with Gasteiger partial charge in [0.1, 0.15) is 11.5 Å². The first-order valence-corrected chi connectivity index (χ1v) is 12.0. The molecule has 7 nitrogen and oxygen atoms in total. The average molecular weight is 475 g/mol. The van der Waals surface area contributed by atoms with Crippen LogP contribution in [-0.2, 0) is 6.42 Å². The van der Waals surface area contributed by atoms with Gasteiger partial charge in [-0.05, 0) is 55.8 Å². The zero-order valence-electron chi connectivity index (χ0n) is 19.8. The molecule has 35 heavy (non-hydrogen) atoms. The van der Waals surface area contributed by atoms with Crippen molar-refractivity contribution in [3.05, 3.63) is 65.2 Å². The summed E-state index contributed by atoms with van der Waals surface area (Å²) in [4.78, 5) is 31.1. The number of hydrogen-bond donors (Lipinski definition) is 1. The molecule has 5 rings (SSSR count). The molecular weight excluding hydrogens is 447 g/mol. The zero-order valence-corrected chi connectivity index (χ0v) is 19.8. The Morgan fingerprint density at radius 1 is 1.11 bits per heavy atom. The quantitative estimate of drug-likeness (QED) is 0.431. The number of likely N-dealkylation sites (tertiary alicyclic amines) is 1. The van der Waals surface area contributed by atoms with E-state index in [9.17, 15) is 14.7 Å². The van der Waals surface area contributed by atoms with E-state index in [1.54, 1.807) is 28.8 Å². The van der Waals surface area contributed by atoms with Crippen molar-refractivity contribution in [1.29, 1.82) is 0 Å². The highest BCUT2D eigenvalue weighted by molar-refractivity contribution is 5.96. The van der Waals surface area contributed by atoms with Gasteiger partial charge >= 0.3 is 5.97 Å². The van der Waals surface area contributed by atoms with Crippen LogP contribution >= 0.6 is 0 Å². The zero-order chi connectivity index (χ0) is 24.7. The van der Waals surface area contributed by atoms with Crippen LogP contribution in [0.25, 0.3) is 27.7 Å². The number of fused-ring (bicyclic) bond motifs is 2. The summed E-state index contributed by atoms with van der Waals surface area (Å²) in [6, 6.07) is 11.2. The molecule has 1 saturated heterocycles. The number of carbonyl (C=O) groups is 2. The Hall–Kier alpha value is -3.81. The van der Waals surface area contributed by atoms with E-state index in [0.717, 1.165) is 37.9 Å². The summed E-state index contributed by atoms with van der Waals surface area (Å²) in [7, 11) is 0. The number of aryl methyl sites for hydroxylation is 1. The number of nitrogens with zero attached hydrogens (tertiary/aromatic N) is 4. The van der Waals surface area contributed by atoms with E-state index < -0.39 is 11.8 Å². The molecule has 2 aromatic carbocycles. The van der Waals surface area contributed by atoms with E-state index in [4.69, 9.17) is 0 Å². The van der Waals surface area contributed by atoms with Gasteiger partial charge in [-0.15, -0.1) is 0 Å². The van der Waals surface area contributed by atoms with Gasteiger partial charge in [0.2, 0.25) is 0 Å². The van der Waals surface area contributed by atoms with E-state index in [0.29, 0.717) is 39.8 Å². The van der Waals surface area contributed by atoms with Crippen LogP contribution in [0.2, 0.25) is 0 Å². The highest BCUT2D eigenvalue weighted by Gasteiger charge is 2.25. The molecule has 0 bridgehead atoms. The lowest BCUT2D eigenvalue weighted by atomic mass is 10.0. The van der Waals surface area contributed by atoms with Crippen LogP contribution in [0.3, 0.4) is 0 Å². The molecule has 4 aromatic rings. The predicted molar refractivity (Wildman–Crippen MR) is 131 cm³/mol. The van der Waals surface area contributed by atoms with Crippen LogP contribution in [0.5, 0.6) is 0 Å². The number of hydrogen-bond acceptors (Lipinski definition) is 4. The molecule has 1 amide bonds. The monoisotopic (exact) mass is 474 g/mol. The van der Waals surface area contributed by atoms with Crippen molar-refractivity contribution in [2.75, 3.05) is 6.54 Å². The summed E-state index contributed by atoms with van der Waals surface area (Å²) in [6.45, 7) is 4.79. The SMILES string of the molecule is CCc1cc(C(=O)N2CCCCC[C@H]2C)nc2cc(-c3ccc4cc(C(=O)O)ccc4c3F)nn12. The van der Waals surface area contributed by atoms with Crippen LogP contribution < -0.4 is 0 Å². The van der Waals surface area contributed by atoms with E-state index in [1.165, 1.54) is 18.2 Å². The van der Waals surface area contributed by atoms with Gasteiger partial charge in [0.05, 0.1) is 11.3 Å². The normalized spacial score (nSPS) is 16.5. The first-order chi connectivity index (χ1) is 16.9.